The zero-order chi connectivity index (χ0) is 21.8. The third-order valence-corrected chi connectivity index (χ3v) is 3.93. The van der Waals surface area contributed by atoms with Crippen LogP contribution in [-0.2, 0) is 28.6 Å². The van der Waals surface area contributed by atoms with Gasteiger partial charge in [-0.3, -0.25) is 4.79 Å². The van der Waals surface area contributed by atoms with Crippen molar-refractivity contribution in [3.8, 4) is 0 Å². The second-order valence-electron chi connectivity index (χ2n) is 6.13. The van der Waals surface area contributed by atoms with Crippen LogP contribution in [0.5, 0.6) is 0 Å². The summed E-state index contributed by atoms with van der Waals surface area (Å²) in [5, 5.41) is 0. The van der Waals surface area contributed by atoms with Gasteiger partial charge in [0.25, 0.3) is 0 Å². The minimum Gasteiger partial charge on any atom is -0.459 e. The third kappa shape index (κ3) is 5.16. The summed E-state index contributed by atoms with van der Waals surface area (Å²) in [4.78, 5) is 34.7. The maximum Gasteiger partial charge on any atom is 0.449 e. The van der Waals surface area contributed by atoms with Crippen LogP contribution in [0.4, 0.5) is 26.3 Å². The molecule has 160 valence electrons. The Balaban J connectivity index is 3.01. The first kappa shape index (κ1) is 23.8. The highest BCUT2D eigenvalue weighted by Crippen LogP contribution is 2.47. The maximum atomic E-state index is 13.3. The molecule has 1 fully saturated rings. The van der Waals surface area contributed by atoms with Crippen LogP contribution in [0, 0.1) is 5.92 Å². The van der Waals surface area contributed by atoms with Crippen molar-refractivity contribution in [2.24, 2.45) is 5.92 Å². The number of halogens is 6. The van der Waals surface area contributed by atoms with Gasteiger partial charge in [0.1, 0.15) is 13.2 Å². The van der Waals surface area contributed by atoms with Gasteiger partial charge in [0.15, 0.2) is 0 Å². The zero-order valence-electron chi connectivity index (χ0n) is 14.7. The van der Waals surface area contributed by atoms with Gasteiger partial charge in [0.2, 0.25) is 0 Å². The molecule has 0 aliphatic heterocycles. The number of rotatable bonds is 7. The molecule has 28 heavy (non-hydrogen) atoms. The SMILES string of the molecule is C=C(C)C(=O)OCCOC(=O)C(OC(=O)C1CCCC1)(C(F)(F)F)C(F)(F)F. The summed E-state index contributed by atoms with van der Waals surface area (Å²) in [5.41, 5.74) is -5.56. The molecule has 0 bridgehead atoms. The fraction of sp³-hybridized carbons (Fsp3) is 0.688. The Morgan fingerprint density at radius 1 is 0.929 bits per heavy atom. The van der Waals surface area contributed by atoms with E-state index < -0.39 is 55.0 Å². The summed E-state index contributed by atoms with van der Waals surface area (Å²) < 4.78 is 92.1. The standard InChI is InChI=1S/C16H18F6O6/c1-9(2)11(23)26-7-8-27-13(25)14(15(17,18)19,16(20,21)22)28-12(24)10-5-3-4-6-10/h10H,1,3-8H2,2H3. The zero-order valence-corrected chi connectivity index (χ0v) is 14.7. The van der Waals surface area contributed by atoms with Crippen LogP contribution in [0.25, 0.3) is 0 Å². The van der Waals surface area contributed by atoms with Crippen molar-refractivity contribution < 1.29 is 54.9 Å². The molecule has 0 saturated heterocycles. The highest BCUT2D eigenvalue weighted by molar-refractivity contribution is 5.87. The Labute approximate surface area is 155 Å². The van der Waals surface area contributed by atoms with Gasteiger partial charge in [-0.2, -0.15) is 26.3 Å². The molecule has 1 aliphatic rings. The van der Waals surface area contributed by atoms with Gasteiger partial charge in [-0.15, -0.1) is 0 Å². The predicted octanol–water partition coefficient (Wildman–Crippen LogP) is 3.25. The van der Waals surface area contributed by atoms with Crippen molar-refractivity contribution in [2.75, 3.05) is 13.2 Å². The van der Waals surface area contributed by atoms with Crippen LogP contribution in [0.3, 0.4) is 0 Å². The molecule has 12 heteroatoms. The quantitative estimate of drug-likeness (QED) is 0.207. The molecule has 0 aromatic heterocycles. The van der Waals surface area contributed by atoms with Gasteiger partial charge < -0.3 is 14.2 Å². The van der Waals surface area contributed by atoms with Crippen LogP contribution in [-0.4, -0.2) is 49.1 Å². The minimum atomic E-state index is -6.33. The van der Waals surface area contributed by atoms with Crippen LogP contribution in [0.15, 0.2) is 12.2 Å². The smallest absolute Gasteiger partial charge is 0.449 e. The molecule has 0 aromatic rings. The van der Waals surface area contributed by atoms with E-state index in [9.17, 15) is 40.7 Å². The number of ether oxygens (including phenoxy) is 3. The number of carbonyl (C=O) groups excluding carboxylic acids is 3. The lowest BCUT2D eigenvalue weighted by Gasteiger charge is -2.34. The van der Waals surface area contributed by atoms with Gasteiger partial charge in [-0.25, -0.2) is 9.59 Å². The molecule has 0 aromatic carbocycles. The van der Waals surface area contributed by atoms with E-state index in [1.807, 2.05) is 0 Å². The molecule has 0 amide bonds. The van der Waals surface area contributed by atoms with E-state index in [4.69, 9.17) is 0 Å². The minimum absolute atomic E-state index is 0.0521. The number of carbonyl (C=O) groups is 3. The molecule has 0 radical (unpaired) electrons. The van der Waals surface area contributed by atoms with Gasteiger partial charge >= 0.3 is 35.9 Å². The molecule has 1 aliphatic carbocycles. The first-order valence-electron chi connectivity index (χ1n) is 8.10. The number of hydrogen-bond acceptors (Lipinski definition) is 6. The van der Waals surface area contributed by atoms with Crippen LogP contribution >= 0.6 is 0 Å². The van der Waals surface area contributed by atoms with E-state index in [0.29, 0.717) is 12.8 Å². The average molecular weight is 420 g/mol. The topological polar surface area (TPSA) is 78.9 Å². The van der Waals surface area contributed by atoms with Gasteiger partial charge in [-0.05, 0) is 19.8 Å². The average Bonchev–Trinajstić information content (AvgIpc) is 3.07. The molecule has 0 unspecified atom stereocenters. The third-order valence-electron chi connectivity index (χ3n) is 3.93. The Bertz CT molecular complexity index is 604. The largest absolute Gasteiger partial charge is 0.459 e. The molecule has 6 nitrogen and oxygen atoms in total. The van der Waals surface area contributed by atoms with E-state index in [2.05, 4.69) is 20.8 Å². The molecular formula is C16H18F6O6. The Kier molecular flexibility index (Phi) is 7.49. The second kappa shape index (κ2) is 8.82. The summed E-state index contributed by atoms with van der Waals surface area (Å²) in [5.74, 6) is -6.81. The molecule has 0 atom stereocenters. The van der Waals surface area contributed by atoms with E-state index in [0.717, 1.165) is 0 Å². The van der Waals surface area contributed by atoms with Gasteiger partial charge in [-0.1, -0.05) is 19.4 Å². The Morgan fingerprint density at radius 2 is 1.39 bits per heavy atom. The highest BCUT2D eigenvalue weighted by atomic mass is 19.4. The molecular weight excluding hydrogens is 402 g/mol. The summed E-state index contributed by atoms with van der Waals surface area (Å²) >= 11 is 0. The van der Waals surface area contributed by atoms with Crippen LogP contribution < -0.4 is 0 Å². The Morgan fingerprint density at radius 3 is 1.82 bits per heavy atom. The van der Waals surface area contributed by atoms with Crippen molar-refractivity contribution in [2.45, 2.75) is 50.6 Å². The Hall–Kier alpha value is -2.27. The molecule has 1 rings (SSSR count). The normalized spacial score (nSPS) is 15.8. The van der Waals surface area contributed by atoms with Crippen molar-refractivity contribution >= 4 is 17.9 Å². The van der Waals surface area contributed by atoms with Crippen molar-refractivity contribution in [3.05, 3.63) is 12.2 Å². The van der Waals surface area contributed by atoms with Gasteiger partial charge in [0.05, 0.1) is 5.92 Å². The molecule has 1 saturated carbocycles. The first-order valence-corrected chi connectivity index (χ1v) is 8.10. The summed E-state index contributed by atoms with van der Waals surface area (Å²) in [6.45, 7) is 2.51. The molecule has 0 heterocycles. The van der Waals surface area contributed by atoms with Crippen molar-refractivity contribution in [1.29, 1.82) is 0 Å². The molecule has 0 N–H and O–H groups in total. The van der Waals surface area contributed by atoms with Gasteiger partial charge in [0, 0.05) is 5.57 Å². The van der Waals surface area contributed by atoms with E-state index >= 15 is 0 Å². The van der Waals surface area contributed by atoms with E-state index in [-0.39, 0.29) is 18.4 Å². The highest BCUT2D eigenvalue weighted by Gasteiger charge is 2.80. The fourth-order valence-corrected chi connectivity index (χ4v) is 2.44. The van der Waals surface area contributed by atoms with Crippen LogP contribution in [0.1, 0.15) is 32.6 Å². The van der Waals surface area contributed by atoms with Crippen molar-refractivity contribution in [3.63, 3.8) is 0 Å². The second-order valence-corrected chi connectivity index (χ2v) is 6.13. The maximum absolute atomic E-state index is 13.3. The lowest BCUT2D eigenvalue weighted by Crippen LogP contribution is -2.65. The van der Waals surface area contributed by atoms with Crippen molar-refractivity contribution in [1.82, 2.24) is 0 Å². The summed E-state index contributed by atoms with van der Waals surface area (Å²) in [7, 11) is 0. The van der Waals surface area contributed by atoms with Crippen LogP contribution in [0.2, 0.25) is 0 Å². The van der Waals surface area contributed by atoms with E-state index in [1.165, 1.54) is 6.92 Å². The lowest BCUT2D eigenvalue weighted by atomic mass is 10.0. The first-order chi connectivity index (χ1) is 12.7. The summed E-state index contributed by atoms with van der Waals surface area (Å²) in [6.07, 6.45) is -11.7. The number of hydrogen-bond donors (Lipinski definition) is 0. The summed E-state index contributed by atoms with van der Waals surface area (Å²) in [6, 6.07) is 0. The fourth-order valence-electron chi connectivity index (χ4n) is 2.44. The molecule has 0 spiro atoms. The number of esters is 3. The predicted molar refractivity (Wildman–Crippen MR) is 79.6 cm³/mol. The lowest BCUT2D eigenvalue weighted by molar-refractivity contribution is -0.360. The number of alkyl halides is 6. The monoisotopic (exact) mass is 420 g/mol. The van der Waals surface area contributed by atoms with E-state index in [1.54, 1.807) is 0 Å².